The number of aryl methyl sites for hydroxylation is 1. The molecule has 0 saturated heterocycles. The van der Waals surface area contributed by atoms with Crippen molar-refractivity contribution in [2.45, 2.75) is 6.92 Å². The predicted octanol–water partition coefficient (Wildman–Crippen LogP) is 2.64. The van der Waals surface area contributed by atoms with E-state index in [1.807, 2.05) is 19.1 Å². The van der Waals surface area contributed by atoms with Gasteiger partial charge in [0, 0.05) is 11.5 Å². The van der Waals surface area contributed by atoms with Crippen molar-refractivity contribution in [3.63, 3.8) is 0 Å². The lowest BCUT2D eigenvalue weighted by Crippen LogP contribution is -2.20. The van der Waals surface area contributed by atoms with Crippen LogP contribution < -0.4 is 20.8 Å². The van der Waals surface area contributed by atoms with Crippen LogP contribution >= 0.6 is 0 Å². The molecule has 0 fully saturated rings. The highest BCUT2D eigenvalue weighted by Gasteiger charge is 2.14. The van der Waals surface area contributed by atoms with Crippen LogP contribution in [0.3, 0.4) is 0 Å². The molecule has 128 valence electrons. The molecule has 0 radical (unpaired) electrons. The molecule has 0 atom stereocenters. The predicted molar refractivity (Wildman–Crippen MR) is 93.9 cm³/mol. The Hall–Kier alpha value is -3.28. The van der Waals surface area contributed by atoms with Gasteiger partial charge in [-0.25, -0.2) is 4.79 Å². The third-order valence-electron chi connectivity index (χ3n) is 3.90. The lowest BCUT2D eigenvalue weighted by Gasteiger charge is -2.10. The van der Waals surface area contributed by atoms with Gasteiger partial charge in [0.15, 0.2) is 6.61 Å². The number of ether oxygens (including phenoxy) is 2. The van der Waals surface area contributed by atoms with E-state index >= 15 is 0 Å². The Bertz CT molecular complexity index is 989. The molecule has 3 rings (SSSR count). The van der Waals surface area contributed by atoms with Crippen LogP contribution in [0, 0.1) is 6.92 Å². The van der Waals surface area contributed by atoms with Gasteiger partial charge in [-0.2, -0.15) is 0 Å². The molecule has 0 unspecified atom stereocenters. The third kappa shape index (κ3) is 3.33. The molecular formula is C19H17NO5. The highest BCUT2D eigenvalue weighted by atomic mass is 16.5. The molecule has 6 nitrogen and oxygen atoms in total. The highest BCUT2D eigenvalue weighted by molar-refractivity contribution is 5.87. The normalized spacial score (nSPS) is 10.6. The zero-order valence-corrected chi connectivity index (χ0v) is 13.9. The van der Waals surface area contributed by atoms with E-state index in [9.17, 15) is 9.59 Å². The highest BCUT2D eigenvalue weighted by Crippen LogP contribution is 2.29. The molecule has 0 aliphatic rings. The van der Waals surface area contributed by atoms with E-state index in [1.54, 1.807) is 37.4 Å². The molecule has 3 aromatic rings. The first-order valence-electron chi connectivity index (χ1n) is 7.62. The van der Waals surface area contributed by atoms with Crippen LogP contribution in [0.2, 0.25) is 0 Å². The number of methoxy groups -OCH3 is 1. The number of hydrogen-bond acceptors (Lipinski definition) is 5. The summed E-state index contributed by atoms with van der Waals surface area (Å²) in [6.07, 6.45) is 0. The molecule has 1 amide bonds. The summed E-state index contributed by atoms with van der Waals surface area (Å²) >= 11 is 0. The Balaban J connectivity index is 2.07. The summed E-state index contributed by atoms with van der Waals surface area (Å²) in [5.41, 5.74) is 7.07. The Labute approximate surface area is 143 Å². The number of nitrogens with two attached hydrogens (primary N) is 1. The molecule has 0 aliphatic heterocycles. The van der Waals surface area contributed by atoms with Crippen LogP contribution in [0.1, 0.15) is 5.56 Å². The maximum absolute atomic E-state index is 12.5. The molecule has 0 aliphatic carbocycles. The lowest BCUT2D eigenvalue weighted by molar-refractivity contribution is -0.119. The number of benzene rings is 2. The Morgan fingerprint density at radius 3 is 2.44 bits per heavy atom. The minimum atomic E-state index is -0.576. The van der Waals surface area contributed by atoms with Crippen LogP contribution in [-0.4, -0.2) is 19.6 Å². The summed E-state index contributed by atoms with van der Waals surface area (Å²) in [6, 6.07) is 12.3. The van der Waals surface area contributed by atoms with E-state index in [1.165, 1.54) is 0 Å². The summed E-state index contributed by atoms with van der Waals surface area (Å²) in [7, 11) is 1.59. The van der Waals surface area contributed by atoms with Crippen molar-refractivity contribution < 1.29 is 18.7 Å². The number of fused-ring (bicyclic) bond motifs is 1. The van der Waals surface area contributed by atoms with Crippen molar-refractivity contribution in [2.24, 2.45) is 5.73 Å². The molecule has 2 N–H and O–H groups in total. The topological polar surface area (TPSA) is 91.8 Å². The van der Waals surface area contributed by atoms with E-state index < -0.39 is 11.5 Å². The van der Waals surface area contributed by atoms with Gasteiger partial charge in [0.25, 0.3) is 5.91 Å². The first kappa shape index (κ1) is 16.6. The smallest absolute Gasteiger partial charge is 0.344 e. The second-order valence-corrected chi connectivity index (χ2v) is 5.53. The van der Waals surface area contributed by atoms with Gasteiger partial charge in [-0.1, -0.05) is 12.1 Å². The van der Waals surface area contributed by atoms with Gasteiger partial charge in [-0.15, -0.1) is 0 Å². The fourth-order valence-electron chi connectivity index (χ4n) is 2.67. The van der Waals surface area contributed by atoms with Crippen LogP contribution in [-0.2, 0) is 4.79 Å². The molecule has 0 spiro atoms. The van der Waals surface area contributed by atoms with Crippen molar-refractivity contribution in [3.8, 4) is 22.6 Å². The Morgan fingerprint density at radius 2 is 1.80 bits per heavy atom. The number of primary amides is 1. The van der Waals surface area contributed by atoms with Crippen LogP contribution in [0.5, 0.6) is 11.5 Å². The molecule has 25 heavy (non-hydrogen) atoms. The van der Waals surface area contributed by atoms with Crippen LogP contribution in [0.15, 0.2) is 51.7 Å². The molecule has 0 bridgehead atoms. The molecule has 0 saturated carbocycles. The number of carbonyl (C=O) groups excluding carboxylic acids is 1. The number of amides is 1. The monoisotopic (exact) mass is 339 g/mol. The quantitative estimate of drug-likeness (QED) is 0.722. The first-order valence-corrected chi connectivity index (χ1v) is 7.62. The third-order valence-corrected chi connectivity index (χ3v) is 3.90. The maximum Gasteiger partial charge on any atom is 0.344 e. The van der Waals surface area contributed by atoms with Gasteiger partial charge in [-0.3, -0.25) is 4.79 Å². The summed E-state index contributed by atoms with van der Waals surface area (Å²) in [5.74, 6) is 0.543. The van der Waals surface area contributed by atoms with Crippen molar-refractivity contribution in [1.82, 2.24) is 0 Å². The van der Waals surface area contributed by atoms with Gasteiger partial charge in [0.05, 0.1) is 12.7 Å². The lowest BCUT2D eigenvalue weighted by atomic mass is 9.99. The number of hydrogen-bond donors (Lipinski definition) is 1. The van der Waals surface area contributed by atoms with Crippen molar-refractivity contribution >= 4 is 16.9 Å². The van der Waals surface area contributed by atoms with E-state index in [-0.39, 0.29) is 6.61 Å². The van der Waals surface area contributed by atoms with Crippen molar-refractivity contribution in [2.75, 3.05) is 13.7 Å². The van der Waals surface area contributed by atoms with E-state index in [4.69, 9.17) is 19.6 Å². The zero-order chi connectivity index (χ0) is 18.0. The second kappa shape index (κ2) is 6.68. The van der Waals surface area contributed by atoms with Gasteiger partial charge >= 0.3 is 5.63 Å². The number of carbonyl (C=O) groups is 1. The van der Waals surface area contributed by atoms with E-state index in [0.717, 1.165) is 16.5 Å². The summed E-state index contributed by atoms with van der Waals surface area (Å²) in [5, 5.41) is 0.789. The summed E-state index contributed by atoms with van der Waals surface area (Å²) in [6.45, 7) is 1.63. The van der Waals surface area contributed by atoms with Gasteiger partial charge in [0.1, 0.15) is 17.1 Å². The average molecular weight is 339 g/mol. The molecular weight excluding hydrogens is 322 g/mol. The number of rotatable bonds is 5. The Kier molecular flexibility index (Phi) is 4.43. The fourth-order valence-corrected chi connectivity index (χ4v) is 2.67. The van der Waals surface area contributed by atoms with Crippen molar-refractivity contribution in [3.05, 3.63) is 58.4 Å². The minimum absolute atomic E-state index is 0.237. The SMILES string of the molecule is COc1ccc(-c2c(C)c3ccc(OCC(N)=O)cc3oc2=O)cc1. The largest absolute Gasteiger partial charge is 0.497 e. The standard InChI is InChI=1S/C19H17NO5/c1-11-15-8-7-14(24-10-17(20)21)9-16(15)25-19(22)18(11)12-3-5-13(23-2)6-4-12/h3-9H,10H2,1-2H3,(H2,20,21). The summed E-state index contributed by atoms with van der Waals surface area (Å²) in [4.78, 5) is 23.3. The summed E-state index contributed by atoms with van der Waals surface area (Å²) < 4.78 is 15.8. The minimum Gasteiger partial charge on any atom is -0.497 e. The molecule has 1 heterocycles. The maximum atomic E-state index is 12.5. The van der Waals surface area contributed by atoms with E-state index in [2.05, 4.69) is 0 Å². The second-order valence-electron chi connectivity index (χ2n) is 5.53. The molecule has 1 aromatic heterocycles. The fraction of sp³-hybridized carbons (Fsp3) is 0.158. The van der Waals surface area contributed by atoms with Gasteiger partial charge in [-0.05, 0) is 42.3 Å². The molecule has 2 aromatic carbocycles. The van der Waals surface area contributed by atoms with Crippen LogP contribution in [0.4, 0.5) is 0 Å². The zero-order valence-electron chi connectivity index (χ0n) is 13.9. The molecule has 6 heteroatoms. The Morgan fingerprint density at radius 1 is 1.12 bits per heavy atom. The van der Waals surface area contributed by atoms with E-state index in [0.29, 0.717) is 22.6 Å². The van der Waals surface area contributed by atoms with Crippen molar-refractivity contribution in [1.29, 1.82) is 0 Å². The van der Waals surface area contributed by atoms with Gasteiger partial charge in [0.2, 0.25) is 0 Å². The first-order chi connectivity index (χ1) is 12.0. The average Bonchev–Trinajstić information content (AvgIpc) is 2.60. The van der Waals surface area contributed by atoms with Crippen LogP contribution in [0.25, 0.3) is 22.1 Å². The van der Waals surface area contributed by atoms with Gasteiger partial charge < -0.3 is 19.6 Å².